The van der Waals surface area contributed by atoms with Crippen molar-refractivity contribution in [1.29, 1.82) is 0 Å². The molecule has 0 spiro atoms. The first-order chi connectivity index (χ1) is 7.82. The summed E-state index contributed by atoms with van der Waals surface area (Å²) in [6.45, 7) is 7.65. The Labute approximate surface area is 108 Å². The van der Waals surface area contributed by atoms with Crippen LogP contribution in [-0.4, -0.2) is 25.8 Å². The Morgan fingerprint density at radius 3 is 2.24 bits per heavy atom. The zero-order valence-corrected chi connectivity index (χ0v) is 12.2. The van der Waals surface area contributed by atoms with Gasteiger partial charge in [-0.2, -0.15) is 4.31 Å². The van der Waals surface area contributed by atoms with Crippen LogP contribution >= 0.6 is 11.3 Å². The van der Waals surface area contributed by atoms with Crippen molar-refractivity contribution in [2.75, 3.05) is 13.1 Å². The average Bonchev–Trinajstić information content (AvgIpc) is 2.89. The summed E-state index contributed by atoms with van der Waals surface area (Å²) in [5, 5.41) is 0. The van der Waals surface area contributed by atoms with Gasteiger partial charge in [0.2, 0.25) is 0 Å². The van der Waals surface area contributed by atoms with Crippen LogP contribution in [0.15, 0.2) is 16.3 Å². The van der Waals surface area contributed by atoms with Crippen molar-refractivity contribution in [3.05, 3.63) is 17.0 Å². The van der Waals surface area contributed by atoms with E-state index in [2.05, 4.69) is 20.8 Å². The van der Waals surface area contributed by atoms with Crippen molar-refractivity contribution in [3.8, 4) is 0 Å². The quantitative estimate of drug-likeness (QED) is 0.831. The Hall–Kier alpha value is -0.390. The number of hydrogen-bond acceptors (Lipinski definition) is 3. The smallest absolute Gasteiger partial charge is 0.206 e. The molecule has 0 atom stereocenters. The van der Waals surface area contributed by atoms with Gasteiger partial charge in [-0.3, -0.25) is 0 Å². The number of sulfonamides is 1. The molecule has 2 rings (SSSR count). The molecule has 96 valence electrons. The summed E-state index contributed by atoms with van der Waals surface area (Å²) in [5.41, 5.74) is 0.0173. The predicted octanol–water partition coefficient (Wildman–Crippen LogP) is 2.83. The zero-order chi connectivity index (χ0) is 12.7. The minimum absolute atomic E-state index is 0.0173. The molecule has 1 aliphatic heterocycles. The predicted molar refractivity (Wildman–Crippen MR) is 71.0 cm³/mol. The van der Waals surface area contributed by atoms with Gasteiger partial charge in [0.15, 0.2) is 0 Å². The lowest BCUT2D eigenvalue weighted by Crippen LogP contribution is -2.27. The monoisotopic (exact) mass is 273 g/mol. The number of rotatable bonds is 2. The Morgan fingerprint density at radius 1 is 1.18 bits per heavy atom. The normalized spacial score (nSPS) is 18.8. The summed E-state index contributed by atoms with van der Waals surface area (Å²) >= 11 is 1.40. The van der Waals surface area contributed by atoms with Crippen molar-refractivity contribution < 1.29 is 8.42 Å². The second-order valence-electron chi connectivity index (χ2n) is 5.48. The maximum Gasteiger partial charge on any atom is 0.252 e. The van der Waals surface area contributed by atoms with Crippen LogP contribution in [0.4, 0.5) is 0 Å². The Bertz CT molecular complexity index is 491. The molecule has 1 aromatic heterocycles. The molecule has 0 bridgehead atoms. The van der Waals surface area contributed by atoms with Gasteiger partial charge >= 0.3 is 0 Å². The minimum atomic E-state index is -3.23. The Kier molecular flexibility index (Phi) is 3.36. The molecule has 0 aliphatic carbocycles. The van der Waals surface area contributed by atoms with E-state index in [9.17, 15) is 8.42 Å². The molecule has 1 aliphatic rings. The fraction of sp³-hybridized carbons (Fsp3) is 0.667. The molecule has 1 aromatic rings. The van der Waals surface area contributed by atoms with E-state index in [-0.39, 0.29) is 5.41 Å². The topological polar surface area (TPSA) is 37.4 Å². The third kappa shape index (κ3) is 2.56. The van der Waals surface area contributed by atoms with Gasteiger partial charge in [0, 0.05) is 18.0 Å². The highest BCUT2D eigenvalue weighted by molar-refractivity contribution is 7.91. The van der Waals surface area contributed by atoms with Gasteiger partial charge in [0.05, 0.1) is 0 Å². The van der Waals surface area contributed by atoms with E-state index in [4.69, 9.17) is 0 Å². The number of hydrogen-bond donors (Lipinski definition) is 0. The lowest BCUT2D eigenvalue weighted by atomic mass is 9.95. The van der Waals surface area contributed by atoms with Gasteiger partial charge < -0.3 is 0 Å². The van der Waals surface area contributed by atoms with Crippen molar-refractivity contribution in [1.82, 2.24) is 4.31 Å². The van der Waals surface area contributed by atoms with Gasteiger partial charge in [-0.1, -0.05) is 20.8 Å². The van der Waals surface area contributed by atoms with Gasteiger partial charge in [0.25, 0.3) is 10.0 Å². The lowest BCUT2D eigenvalue weighted by molar-refractivity contribution is 0.479. The van der Waals surface area contributed by atoms with Crippen molar-refractivity contribution in [2.24, 2.45) is 0 Å². The Balaban J connectivity index is 2.31. The maximum absolute atomic E-state index is 12.3. The molecule has 0 N–H and O–H groups in total. The molecule has 0 saturated carbocycles. The summed E-state index contributed by atoms with van der Waals surface area (Å²) < 4.78 is 26.7. The summed E-state index contributed by atoms with van der Waals surface area (Å²) in [5.74, 6) is 0. The van der Waals surface area contributed by atoms with E-state index >= 15 is 0 Å². The molecule has 1 saturated heterocycles. The second-order valence-corrected chi connectivity index (χ2v) is 8.73. The summed E-state index contributed by atoms with van der Waals surface area (Å²) in [6.07, 6.45) is 1.97. The lowest BCUT2D eigenvalue weighted by Gasteiger charge is -2.16. The molecule has 1 fully saturated rings. The highest BCUT2D eigenvalue weighted by atomic mass is 32.2. The van der Waals surface area contributed by atoms with Gasteiger partial charge in [0.1, 0.15) is 4.21 Å². The molecule has 2 heterocycles. The van der Waals surface area contributed by atoms with Crippen LogP contribution in [-0.2, 0) is 15.4 Å². The van der Waals surface area contributed by atoms with Crippen molar-refractivity contribution in [2.45, 2.75) is 43.2 Å². The van der Waals surface area contributed by atoms with E-state index in [0.29, 0.717) is 17.3 Å². The Morgan fingerprint density at radius 2 is 1.76 bits per heavy atom. The van der Waals surface area contributed by atoms with Crippen LogP contribution in [0.5, 0.6) is 0 Å². The van der Waals surface area contributed by atoms with Crippen LogP contribution in [0.2, 0.25) is 0 Å². The van der Waals surface area contributed by atoms with Crippen molar-refractivity contribution >= 4 is 21.4 Å². The third-order valence-corrected chi connectivity index (χ3v) is 6.86. The summed E-state index contributed by atoms with van der Waals surface area (Å²) in [4.78, 5) is 1.12. The van der Waals surface area contributed by atoms with Crippen molar-refractivity contribution in [3.63, 3.8) is 0 Å². The second kappa shape index (κ2) is 4.37. The number of thiophene rings is 1. The molecule has 0 aromatic carbocycles. The first-order valence-corrected chi connectivity index (χ1v) is 8.18. The van der Waals surface area contributed by atoms with E-state index < -0.39 is 10.0 Å². The molecular formula is C12H19NO2S2. The van der Waals surface area contributed by atoms with Gasteiger partial charge in [-0.15, -0.1) is 11.3 Å². The van der Waals surface area contributed by atoms with Crippen LogP contribution in [0, 0.1) is 0 Å². The molecular weight excluding hydrogens is 254 g/mol. The van der Waals surface area contributed by atoms with Crippen LogP contribution in [0.1, 0.15) is 38.5 Å². The fourth-order valence-electron chi connectivity index (χ4n) is 1.92. The largest absolute Gasteiger partial charge is 0.252 e. The van der Waals surface area contributed by atoms with E-state index in [1.54, 1.807) is 10.4 Å². The van der Waals surface area contributed by atoms with Crippen LogP contribution in [0.25, 0.3) is 0 Å². The van der Waals surface area contributed by atoms with E-state index in [0.717, 1.165) is 17.7 Å². The minimum Gasteiger partial charge on any atom is -0.206 e. The highest BCUT2D eigenvalue weighted by Gasteiger charge is 2.29. The van der Waals surface area contributed by atoms with Crippen LogP contribution < -0.4 is 0 Å². The molecule has 0 amide bonds. The molecule has 3 nitrogen and oxygen atoms in total. The summed E-state index contributed by atoms with van der Waals surface area (Å²) in [6, 6.07) is 3.69. The SMILES string of the molecule is CC(C)(C)c1ccc(S(=O)(=O)N2CCCC2)s1. The molecule has 0 radical (unpaired) electrons. The van der Waals surface area contributed by atoms with Gasteiger partial charge in [-0.25, -0.2) is 8.42 Å². The highest BCUT2D eigenvalue weighted by Crippen LogP contribution is 2.33. The third-order valence-electron chi connectivity index (χ3n) is 2.98. The van der Waals surface area contributed by atoms with E-state index in [1.807, 2.05) is 6.07 Å². The number of nitrogens with zero attached hydrogens (tertiary/aromatic N) is 1. The zero-order valence-electron chi connectivity index (χ0n) is 10.6. The molecule has 5 heteroatoms. The summed E-state index contributed by atoms with van der Waals surface area (Å²) in [7, 11) is -3.23. The van der Waals surface area contributed by atoms with Gasteiger partial charge in [-0.05, 0) is 30.4 Å². The molecule has 17 heavy (non-hydrogen) atoms. The fourth-order valence-corrected chi connectivity index (χ4v) is 4.95. The average molecular weight is 273 g/mol. The first kappa shape index (κ1) is 13.1. The van der Waals surface area contributed by atoms with Crippen LogP contribution in [0.3, 0.4) is 0 Å². The maximum atomic E-state index is 12.3. The molecule has 0 unspecified atom stereocenters. The standard InChI is InChI=1S/C12H19NO2S2/c1-12(2,3)10-6-7-11(16-10)17(14,15)13-8-4-5-9-13/h6-7H,4-5,8-9H2,1-3H3. The first-order valence-electron chi connectivity index (χ1n) is 5.92. The van der Waals surface area contributed by atoms with E-state index in [1.165, 1.54) is 11.3 Å².